The number of ether oxygens (including phenoxy) is 1. The number of rotatable bonds is 6. The molecule has 1 spiro atoms. The minimum absolute atomic E-state index is 0.00198. The number of para-hydroxylation sites is 1. The molecule has 0 aliphatic carbocycles. The third-order valence-electron chi connectivity index (χ3n) is 7.88. The summed E-state index contributed by atoms with van der Waals surface area (Å²) in [4.78, 5) is 41.9. The number of carbonyl (C=O) groups is 3. The number of aryl methyl sites for hydroxylation is 2. The molecule has 0 radical (unpaired) electrons. The summed E-state index contributed by atoms with van der Waals surface area (Å²) in [5, 5.41) is 15.1. The molecule has 8 nitrogen and oxygen atoms in total. The van der Waals surface area contributed by atoms with E-state index >= 15 is 0 Å². The van der Waals surface area contributed by atoms with Gasteiger partial charge >= 0.3 is 0 Å². The Morgan fingerprint density at radius 3 is 2.50 bits per heavy atom. The highest BCUT2D eigenvalue weighted by Crippen LogP contribution is 2.65. The van der Waals surface area contributed by atoms with Crippen molar-refractivity contribution in [3.05, 3.63) is 29.3 Å². The number of aliphatic hydroxyl groups is 1. The summed E-state index contributed by atoms with van der Waals surface area (Å²) in [6, 6.07) is 4.91. The van der Waals surface area contributed by atoms with Crippen LogP contribution in [-0.2, 0) is 19.1 Å². The highest BCUT2D eigenvalue weighted by atomic mass is 16.5. The number of benzene rings is 1. The predicted octanol–water partition coefficient (Wildman–Crippen LogP) is 1.38. The van der Waals surface area contributed by atoms with Crippen molar-refractivity contribution in [2.45, 2.75) is 57.8 Å². The second kappa shape index (κ2) is 7.85. The summed E-state index contributed by atoms with van der Waals surface area (Å²) >= 11 is 0. The molecule has 6 atom stereocenters. The molecule has 3 aliphatic heterocycles. The number of anilines is 1. The van der Waals surface area contributed by atoms with Crippen molar-refractivity contribution in [1.82, 2.24) is 10.2 Å². The number of carbonyl (C=O) groups excluding carboxylic acids is 3. The molecule has 174 valence electrons. The summed E-state index contributed by atoms with van der Waals surface area (Å²) < 4.78 is 6.59. The zero-order valence-corrected chi connectivity index (χ0v) is 19.4. The van der Waals surface area contributed by atoms with Crippen molar-refractivity contribution in [2.24, 2.45) is 17.8 Å². The molecule has 3 amide bonds. The molecule has 4 rings (SSSR count). The molecular formula is C24H33N3O5. The van der Waals surface area contributed by atoms with Crippen LogP contribution in [0.25, 0.3) is 0 Å². The first kappa shape index (κ1) is 22.7. The average molecular weight is 444 g/mol. The van der Waals surface area contributed by atoms with Crippen molar-refractivity contribution < 1.29 is 24.2 Å². The van der Waals surface area contributed by atoms with E-state index < -0.39 is 29.1 Å². The molecule has 3 heterocycles. The average Bonchev–Trinajstić information content (AvgIpc) is 3.25. The van der Waals surface area contributed by atoms with E-state index in [-0.39, 0.29) is 36.8 Å². The first-order valence-electron chi connectivity index (χ1n) is 11.3. The molecule has 3 fully saturated rings. The van der Waals surface area contributed by atoms with Gasteiger partial charge in [0.15, 0.2) is 0 Å². The smallest absolute Gasteiger partial charge is 0.250 e. The van der Waals surface area contributed by atoms with Gasteiger partial charge in [-0.2, -0.15) is 0 Å². The fraction of sp³-hybridized carbons (Fsp3) is 0.625. The maximum atomic E-state index is 13.8. The quantitative estimate of drug-likeness (QED) is 0.616. The Labute approximate surface area is 188 Å². The van der Waals surface area contributed by atoms with Crippen LogP contribution in [-0.4, -0.2) is 65.2 Å². The van der Waals surface area contributed by atoms with Crippen LogP contribution in [0.2, 0.25) is 0 Å². The maximum absolute atomic E-state index is 13.8. The van der Waals surface area contributed by atoms with Crippen LogP contribution in [0.4, 0.5) is 5.69 Å². The molecule has 3 unspecified atom stereocenters. The normalized spacial score (nSPS) is 35.2. The largest absolute Gasteiger partial charge is 0.396 e. The number of aliphatic hydroxyl groups excluding tert-OH is 1. The summed E-state index contributed by atoms with van der Waals surface area (Å²) in [5.41, 5.74) is 0.693. The number of amides is 3. The first-order chi connectivity index (χ1) is 15.1. The van der Waals surface area contributed by atoms with Crippen LogP contribution in [0.1, 0.15) is 37.8 Å². The number of hydrogen-bond acceptors (Lipinski definition) is 5. The van der Waals surface area contributed by atoms with Gasteiger partial charge in [-0.05, 0) is 50.7 Å². The zero-order chi connectivity index (χ0) is 23.4. The molecule has 0 aromatic heterocycles. The van der Waals surface area contributed by atoms with Gasteiger partial charge in [-0.1, -0.05) is 25.1 Å². The molecule has 1 aromatic rings. The molecule has 1 aromatic carbocycles. The first-order valence-corrected chi connectivity index (χ1v) is 11.3. The second-order valence-electron chi connectivity index (χ2n) is 9.68. The Kier molecular flexibility index (Phi) is 5.57. The van der Waals surface area contributed by atoms with Gasteiger partial charge in [0.25, 0.3) is 0 Å². The fourth-order valence-corrected chi connectivity index (χ4v) is 6.28. The lowest BCUT2D eigenvalue weighted by Crippen LogP contribution is -2.54. The summed E-state index contributed by atoms with van der Waals surface area (Å²) in [5.74, 6) is -2.19. The Morgan fingerprint density at radius 1 is 1.25 bits per heavy atom. The van der Waals surface area contributed by atoms with Crippen LogP contribution in [0, 0.1) is 31.6 Å². The summed E-state index contributed by atoms with van der Waals surface area (Å²) in [6.45, 7) is 7.89. The highest BCUT2D eigenvalue weighted by molar-refractivity contribution is 6.04. The van der Waals surface area contributed by atoms with E-state index in [1.54, 1.807) is 7.05 Å². The van der Waals surface area contributed by atoms with E-state index in [0.717, 1.165) is 16.8 Å². The van der Waals surface area contributed by atoms with Crippen LogP contribution in [0.5, 0.6) is 0 Å². The molecule has 3 aliphatic rings. The number of nitrogens with one attached hydrogen (secondary N) is 2. The molecule has 3 N–H and O–H groups in total. The lowest BCUT2D eigenvalue weighted by Gasteiger charge is -2.36. The number of nitrogens with zero attached hydrogens (tertiary/aromatic N) is 1. The Bertz CT molecular complexity index is 945. The van der Waals surface area contributed by atoms with E-state index in [1.807, 2.05) is 45.9 Å². The van der Waals surface area contributed by atoms with E-state index in [2.05, 4.69) is 10.6 Å². The monoisotopic (exact) mass is 443 g/mol. The van der Waals surface area contributed by atoms with Gasteiger partial charge in [0, 0.05) is 25.9 Å². The Balaban J connectivity index is 1.78. The van der Waals surface area contributed by atoms with Crippen LogP contribution < -0.4 is 10.6 Å². The fourth-order valence-electron chi connectivity index (χ4n) is 6.28. The van der Waals surface area contributed by atoms with Crippen molar-refractivity contribution >= 4 is 23.4 Å². The number of fused-ring (bicyclic) bond motifs is 1. The lowest BCUT2D eigenvalue weighted by atomic mass is 9.62. The van der Waals surface area contributed by atoms with Gasteiger partial charge in [0.05, 0.1) is 17.4 Å². The van der Waals surface area contributed by atoms with E-state index in [0.29, 0.717) is 12.8 Å². The Hall–Kier alpha value is -2.45. The SMILES string of the molecule is CNC(=O)[C@H]1[C@H]2C(=O)N(CCCO)C(C(=O)Nc3c(C)cccc3C)C23CC(C)[C@]1(C)O3. The van der Waals surface area contributed by atoms with Gasteiger partial charge in [0.1, 0.15) is 11.6 Å². The zero-order valence-electron chi connectivity index (χ0n) is 19.4. The van der Waals surface area contributed by atoms with Crippen LogP contribution >= 0.6 is 0 Å². The predicted molar refractivity (Wildman–Crippen MR) is 119 cm³/mol. The topological polar surface area (TPSA) is 108 Å². The standard InChI is InChI=1S/C24H33N3O5/c1-13-8-6-9-14(2)18(13)26-21(30)19-24-12-15(3)23(4,32-24)16(20(29)25-5)17(24)22(31)27(19)10-7-11-28/h6,8-9,15-17,19,28H,7,10-12H2,1-5H3,(H,25,29)(H,26,30)/t15?,16-,17+,19?,23+,24?/m1/s1. The third-order valence-corrected chi connectivity index (χ3v) is 7.88. The molecule has 2 bridgehead atoms. The molecule has 32 heavy (non-hydrogen) atoms. The molecule has 3 saturated heterocycles. The summed E-state index contributed by atoms with van der Waals surface area (Å²) in [7, 11) is 1.56. The van der Waals surface area contributed by atoms with E-state index in [9.17, 15) is 19.5 Å². The van der Waals surface area contributed by atoms with Crippen molar-refractivity contribution in [3.8, 4) is 0 Å². The van der Waals surface area contributed by atoms with Gasteiger partial charge in [-0.15, -0.1) is 0 Å². The van der Waals surface area contributed by atoms with Gasteiger partial charge in [-0.3, -0.25) is 14.4 Å². The molecule has 0 saturated carbocycles. The van der Waals surface area contributed by atoms with Crippen molar-refractivity contribution in [2.75, 3.05) is 25.5 Å². The lowest BCUT2D eigenvalue weighted by molar-refractivity contribution is -0.146. The molecule has 8 heteroatoms. The van der Waals surface area contributed by atoms with Crippen molar-refractivity contribution in [3.63, 3.8) is 0 Å². The second-order valence-corrected chi connectivity index (χ2v) is 9.68. The van der Waals surface area contributed by atoms with Crippen LogP contribution in [0.15, 0.2) is 18.2 Å². The van der Waals surface area contributed by atoms with E-state index in [4.69, 9.17) is 4.74 Å². The minimum Gasteiger partial charge on any atom is -0.396 e. The minimum atomic E-state index is -1.07. The summed E-state index contributed by atoms with van der Waals surface area (Å²) in [6.07, 6.45) is 0.868. The maximum Gasteiger partial charge on any atom is 0.250 e. The van der Waals surface area contributed by atoms with Gasteiger partial charge in [0.2, 0.25) is 17.7 Å². The third kappa shape index (κ3) is 2.99. The number of likely N-dealkylation sites (tertiary alicyclic amines) is 1. The highest BCUT2D eigenvalue weighted by Gasteiger charge is 2.79. The van der Waals surface area contributed by atoms with E-state index in [1.165, 1.54) is 4.90 Å². The van der Waals surface area contributed by atoms with Crippen LogP contribution in [0.3, 0.4) is 0 Å². The van der Waals surface area contributed by atoms with Gasteiger partial charge in [-0.25, -0.2) is 0 Å². The Morgan fingerprint density at radius 2 is 1.91 bits per heavy atom. The number of hydrogen-bond donors (Lipinski definition) is 3. The van der Waals surface area contributed by atoms with Crippen molar-refractivity contribution in [1.29, 1.82) is 0 Å². The molecular weight excluding hydrogens is 410 g/mol. The van der Waals surface area contributed by atoms with Gasteiger partial charge < -0.3 is 25.4 Å².